The number of allylic oxidation sites excluding steroid dienone is 2. The second-order valence-electron chi connectivity index (χ2n) is 6.14. The summed E-state index contributed by atoms with van der Waals surface area (Å²) in [4.78, 5) is 10.3. The molecule has 0 heterocycles. The molecule has 0 aromatic carbocycles. The predicted molar refractivity (Wildman–Crippen MR) is 100 cm³/mol. The van der Waals surface area contributed by atoms with E-state index in [0.29, 0.717) is 6.42 Å². The molecule has 0 aliphatic carbocycles. The van der Waals surface area contributed by atoms with Crippen LogP contribution in [0, 0.1) is 0 Å². The molecule has 0 fully saturated rings. The fourth-order valence-corrected chi connectivity index (χ4v) is 2.35. The second kappa shape index (κ2) is 23.4. The summed E-state index contributed by atoms with van der Waals surface area (Å²) in [6, 6.07) is 0. The molecule has 23 heavy (non-hydrogen) atoms. The third-order valence-corrected chi connectivity index (χ3v) is 3.65. The molecule has 3 nitrogen and oxygen atoms in total. The quantitative estimate of drug-likeness (QED) is 0.280. The number of unbranched alkanes of at least 4 members (excludes halogenated alkanes) is 11. The number of hydrogen-bond donors (Lipinski definition) is 1. The Bertz CT molecular complexity index is 249. The van der Waals surface area contributed by atoms with Gasteiger partial charge in [0.25, 0.3) is 0 Å². The molecule has 0 unspecified atom stereocenters. The van der Waals surface area contributed by atoms with Gasteiger partial charge < -0.3 is 9.84 Å². The Morgan fingerprint density at radius 1 is 0.783 bits per heavy atom. The molecule has 138 valence electrons. The van der Waals surface area contributed by atoms with Crippen molar-refractivity contribution in [1.29, 1.82) is 0 Å². The molecule has 0 amide bonds. The van der Waals surface area contributed by atoms with Crippen molar-refractivity contribution in [2.24, 2.45) is 0 Å². The van der Waals surface area contributed by atoms with Crippen LogP contribution in [0.15, 0.2) is 12.2 Å². The maximum atomic E-state index is 10.3. The summed E-state index contributed by atoms with van der Waals surface area (Å²) < 4.78 is 4.25. The molecule has 0 atom stereocenters. The van der Waals surface area contributed by atoms with Crippen molar-refractivity contribution in [3.05, 3.63) is 12.2 Å². The maximum Gasteiger partial charge on any atom is 0.303 e. The minimum absolute atomic E-state index is 0.332. The van der Waals surface area contributed by atoms with Crippen molar-refractivity contribution in [3.63, 3.8) is 0 Å². The zero-order chi connectivity index (χ0) is 17.6. The Labute approximate surface area is 144 Å². The van der Waals surface area contributed by atoms with Crippen molar-refractivity contribution in [3.8, 4) is 0 Å². The van der Waals surface area contributed by atoms with Gasteiger partial charge in [0.1, 0.15) is 0 Å². The standard InChI is InChI=1S/C18H34O2.C2H6O/c1-2-3-4-5-6-7-8-9-10-11-12-13-14-15-16-17-18(19)20;1-3-2/h9-10H,2-8,11-17H2,1H3,(H,19,20);1-2H3/b10-9-;. The molecule has 0 aromatic rings. The summed E-state index contributed by atoms with van der Waals surface area (Å²) in [5.41, 5.74) is 0. The first-order valence-electron chi connectivity index (χ1n) is 9.45. The molecule has 0 aliphatic rings. The number of methoxy groups -OCH3 is 1. The number of carboxylic acid groups (broad SMARTS) is 1. The highest BCUT2D eigenvalue weighted by Gasteiger charge is 1.95. The summed E-state index contributed by atoms with van der Waals surface area (Å²) in [5.74, 6) is -0.664. The minimum atomic E-state index is -0.664. The third kappa shape index (κ3) is 29.8. The summed E-state index contributed by atoms with van der Waals surface area (Å²) in [6.45, 7) is 2.26. The number of aliphatic carboxylic acids is 1. The van der Waals surface area contributed by atoms with Crippen LogP contribution in [0.2, 0.25) is 0 Å². The third-order valence-electron chi connectivity index (χ3n) is 3.65. The van der Waals surface area contributed by atoms with Crippen LogP contribution >= 0.6 is 0 Å². The van der Waals surface area contributed by atoms with Gasteiger partial charge in [0.15, 0.2) is 0 Å². The van der Waals surface area contributed by atoms with E-state index in [1.54, 1.807) is 14.2 Å². The van der Waals surface area contributed by atoms with Gasteiger partial charge in [-0.2, -0.15) is 0 Å². The Balaban J connectivity index is 0. The number of ether oxygens (including phenoxy) is 1. The lowest BCUT2D eigenvalue weighted by Gasteiger charge is -1.99. The highest BCUT2D eigenvalue weighted by Crippen LogP contribution is 2.09. The highest BCUT2D eigenvalue weighted by molar-refractivity contribution is 5.66. The van der Waals surface area contributed by atoms with E-state index in [4.69, 9.17) is 5.11 Å². The summed E-state index contributed by atoms with van der Waals surface area (Å²) >= 11 is 0. The molecule has 0 saturated heterocycles. The van der Waals surface area contributed by atoms with E-state index in [9.17, 15) is 4.79 Å². The minimum Gasteiger partial charge on any atom is -0.481 e. The molecule has 1 N–H and O–H groups in total. The van der Waals surface area contributed by atoms with Crippen molar-refractivity contribution in [1.82, 2.24) is 0 Å². The first-order valence-corrected chi connectivity index (χ1v) is 9.45. The van der Waals surface area contributed by atoms with Gasteiger partial charge in [-0.05, 0) is 32.1 Å². The van der Waals surface area contributed by atoms with Gasteiger partial charge in [0.05, 0.1) is 0 Å². The Morgan fingerprint density at radius 3 is 1.61 bits per heavy atom. The van der Waals surface area contributed by atoms with Crippen LogP contribution in [-0.4, -0.2) is 25.3 Å². The van der Waals surface area contributed by atoms with Gasteiger partial charge >= 0.3 is 5.97 Å². The van der Waals surface area contributed by atoms with Crippen molar-refractivity contribution >= 4 is 5.97 Å². The topological polar surface area (TPSA) is 46.5 Å². The SMILES string of the molecule is CCCCCCCC/C=C\CCCCCCCC(=O)O.COC. The van der Waals surface area contributed by atoms with Gasteiger partial charge in [-0.15, -0.1) is 0 Å². The van der Waals surface area contributed by atoms with Crippen LogP contribution in [0.4, 0.5) is 0 Å². The monoisotopic (exact) mass is 328 g/mol. The molecular formula is C20H40O3. The summed E-state index contributed by atoms with van der Waals surface area (Å²) in [5, 5.41) is 8.51. The second-order valence-corrected chi connectivity index (χ2v) is 6.14. The summed E-state index contributed by atoms with van der Waals surface area (Å²) in [6.07, 6.45) is 21.2. The zero-order valence-corrected chi connectivity index (χ0v) is 15.8. The highest BCUT2D eigenvalue weighted by atomic mass is 16.4. The van der Waals surface area contributed by atoms with Crippen LogP contribution in [0.25, 0.3) is 0 Å². The molecule has 0 saturated carbocycles. The molecule has 0 rings (SSSR count). The van der Waals surface area contributed by atoms with E-state index in [-0.39, 0.29) is 0 Å². The fraction of sp³-hybridized carbons (Fsp3) is 0.850. The first kappa shape index (κ1) is 24.4. The molecule has 0 bridgehead atoms. The average molecular weight is 329 g/mol. The van der Waals surface area contributed by atoms with E-state index < -0.39 is 5.97 Å². The zero-order valence-electron chi connectivity index (χ0n) is 15.8. The van der Waals surface area contributed by atoms with Gasteiger partial charge in [-0.1, -0.05) is 70.4 Å². The van der Waals surface area contributed by atoms with Crippen LogP contribution in [0.3, 0.4) is 0 Å². The molecule has 0 spiro atoms. The number of hydrogen-bond acceptors (Lipinski definition) is 2. The van der Waals surface area contributed by atoms with E-state index in [1.807, 2.05) is 0 Å². The Kier molecular flexibility index (Phi) is 24.9. The molecule has 0 aliphatic heterocycles. The molecular weight excluding hydrogens is 288 g/mol. The number of carbonyl (C=O) groups is 1. The largest absolute Gasteiger partial charge is 0.481 e. The Hall–Kier alpha value is -0.830. The number of rotatable bonds is 15. The van der Waals surface area contributed by atoms with E-state index in [1.165, 1.54) is 70.6 Å². The fourth-order valence-electron chi connectivity index (χ4n) is 2.35. The number of carboxylic acids is 1. The van der Waals surface area contributed by atoms with Crippen LogP contribution in [0.5, 0.6) is 0 Å². The van der Waals surface area contributed by atoms with E-state index >= 15 is 0 Å². The molecule has 0 radical (unpaired) electrons. The van der Waals surface area contributed by atoms with Gasteiger partial charge in [0.2, 0.25) is 0 Å². The van der Waals surface area contributed by atoms with Crippen molar-refractivity contribution in [2.75, 3.05) is 14.2 Å². The maximum absolute atomic E-state index is 10.3. The van der Waals surface area contributed by atoms with Crippen LogP contribution in [0.1, 0.15) is 96.8 Å². The average Bonchev–Trinajstić information content (AvgIpc) is 2.51. The van der Waals surface area contributed by atoms with Gasteiger partial charge in [0, 0.05) is 20.6 Å². The van der Waals surface area contributed by atoms with E-state index in [0.717, 1.165) is 12.8 Å². The van der Waals surface area contributed by atoms with Gasteiger partial charge in [-0.3, -0.25) is 4.79 Å². The Morgan fingerprint density at radius 2 is 1.17 bits per heavy atom. The molecule has 0 aromatic heterocycles. The van der Waals surface area contributed by atoms with Crippen molar-refractivity contribution in [2.45, 2.75) is 96.8 Å². The lowest BCUT2D eigenvalue weighted by Crippen LogP contribution is -1.93. The lowest BCUT2D eigenvalue weighted by molar-refractivity contribution is -0.137. The van der Waals surface area contributed by atoms with Gasteiger partial charge in [-0.25, -0.2) is 0 Å². The summed E-state index contributed by atoms with van der Waals surface area (Å²) in [7, 11) is 3.25. The van der Waals surface area contributed by atoms with Crippen molar-refractivity contribution < 1.29 is 14.6 Å². The lowest BCUT2D eigenvalue weighted by atomic mass is 10.1. The van der Waals surface area contributed by atoms with Crippen LogP contribution in [-0.2, 0) is 9.53 Å². The smallest absolute Gasteiger partial charge is 0.303 e. The van der Waals surface area contributed by atoms with E-state index in [2.05, 4.69) is 23.8 Å². The predicted octanol–water partition coefficient (Wildman–Crippen LogP) is 6.37. The van der Waals surface area contributed by atoms with Crippen LogP contribution < -0.4 is 0 Å². The normalized spacial score (nSPS) is 10.6. The molecule has 3 heteroatoms. The first-order chi connectivity index (χ1) is 11.2.